The first kappa shape index (κ1) is 15.2. The number of hydrogen-bond donors (Lipinski definition) is 2. The lowest BCUT2D eigenvalue weighted by Gasteiger charge is -2.27. The molecule has 0 aromatic heterocycles. The van der Waals surface area contributed by atoms with Crippen LogP contribution in [-0.4, -0.2) is 23.0 Å². The average Bonchev–Trinajstić information content (AvgIpc) is 2.81. The summed E-state index contributed by atoms with van der Waals surface area (Å²) in [5.74, 6) is -1.71. The summed E-state index contributed by atoms with van der Waals surface area (Å²) in [6.07, 6.45) is 4.58. The smallest absolute Gasteiger partial charge is 0.311 e. The molecule has 0 heterocycles. The van der Waals surface area contributed by atoms with Gasteiger partial charge in [0.05, 0.1) is 5.41 Å². The van der Waals surface area contributed by atoms with E-state index < -0.39 is 29.2 Å². The fourth-order valence-corrected chi connectivity index (χ4v) is 2.65. The van der Waals surface area contributed by atoms with Gasteiger partial charge >= 0.3 is 5.97 Å². The minimum atomic E-state index is -0.929. The second-order valence-corrected chi connectivity index (χ2v) is 5.53. The van der Waals surface area contributed by atoms with Gasteiger partial charge in [0.2, 0.25) is 5.91 Å². The number of carboxylic acid groups (broad SMARTS) is 1. The first-order valence-corrected chi connectivity index (χ1v) is 6.90. The standard InChI is InChI=1S/C16H18FNO3/c1-16(15(20)21)10-4-7-13(16)18-14(19)9-8-11-5-2-3-6-12(11)17/h2-3,5-6,8-9,13H,4,7,10H2,1H3,(H,18,19)(H,20,21)/b9-8+. The molecular formula is C16H18FNO3. The summed E-state index contributed by atoms with van der Waals surface area (Å²) >= 11 is 0. The van der Waals surface area contributed by atoms with E-state index in [2.05, 4.69) is 5.32 Å². The van der Waals surface area contributed by atoms with E-state index in [9.17, 15) is 19.1 Å². The first-order valence-electron chi connectivity index (χ1n) is 6.90. The van der Waals surface area contributed by atoms with Crippen LogP contribution >= 0.6 is 0 Å². The molecule has 1 fully saturated rings. The highest BCUT2D eigenvalue weighted by Gasteiger charge is 2.45. The third kappa shape index (κ3) is 3.29. The van der Waals surface area contributed by atoms with Gasteiger partial charge in [-0.2, -0.15) is 0 Å². The molecule has 0 spiro atoms. The quantitative estimate of drug-likeness (QED) is 0.838. The number of carboxylic acids is 1. The van der Waals surface area contributed by atoms with E-state index in [1.165, 1.54) is 18.2 Å². The largest absolute Gasteiger partial charge is 0.481 e. The van der Waals surface area contributed by atoms with Gasteiger partial charge in [-0.15, -0.1) is 0 Å². The van der Waals surface area contributed by atoms with Crippen LogP contribution in [0.4, 0.5) is 4.39 Å². The second-order valence-electron chi connectivity index (χ2n) is 5.53. The van der Waals surface area contributed by atoms with E-state index in [1.807, 2.05) is 0 Å². The summed E-state index contributed by atoms with van der Waals surface area (Å²) in [5.41, 5.74) is -0.610. The summed E-state index contributed by atoms with van der Waals surface area (Å²) in [4.78, 5) is 23.2. The van der Waals surface area contributed by atoms with Crippen molar-refractivity contribution in [3.05, 3.63) is 41.7 Å². The molecule has 0 saturated heterocycles. The number of rotatable bonds is 4. The molecule has 2 unspecified atom stereocenters. The molecule has 5 heteroatoms. The average molecular weight is 291 g/mol. The molecule has 21 heavy (non-hydrogen) atoms. The summed E-state index contributed by atoms with van der Waals surface area (Å²) < 4.78 is 13.4. The van der Waals surface area contributed by atoms with Crippen molar-refractivity contribution in [3.8, 4) is 0 Å². The Kier molecular flexibility index (Phi) is 4.40. The molecule has 0 bridgehead atoms. The molecule has 1 saturated carbocycles. The summed E-state index contributed by atoms with van der Waals surface area (Å²) in [6, 6.07) is 5.74. The van der Waals surface area contributed by atoms with Crippen LogP contribution in [0.1, 0.15) is 31.7 Å². The first-order chi connectivity index (χ1) is 9.93. The van der Waals surface area contributed by atoms with Crippen molar-refractivity contribution in [2.45, 2.75) is 32.2 Å². The molecular weight excluding hydrogens is 273 g/mol. The van der Waals surface area contributed by atoms with Crippen molar-refractivity contribution < 1.29 is 19.1 Å². The number of amides is 1. The van der Waals surface area contributed by atoms with E-state index in [-0.39, 0.29) is 0 Å². The van der Waals surface area contributed by atoms with E-state index in [4.69, 9.17) is 0 Å². The number of carbonyl (C=O) groups is 2. The minimum Gasteiger partial charge on any atom is -0.481 e. The fourth-order valence-electron chi connectivity index (χ4n) is 2.65. The molecule has 4 nitrogen and oxygen atoms in total. The topological polar surface area (TPSA) is 66.4 Å². The zero-order valence-corrected chi connectivity index (χ0v) is 11.8. The Morgan fingerprint density at radius 1 is 1.43 bits per heavy atom. The SMILES string of the molecule is CC1(C(=O)O)CCCC1NC(=O)/C=C/c1ccccc1F. The van der Waals surface area contributed by atoms with Crippen LogP contribution in [0.5, 0.6) is 0 Å². The third-order valence-corrected chi connectivity index (χ3v) is 4.08. The van der Waals surface area contributed by atoms with Gasteiger partial charge in [0.1, 0.15) is 5.82 Å². The zero-order valence-electron chi connectivity index (χ0n) is 11.8. The molecule has 1 aliphatic carbocycles. The van der Waals surface area contributed by atoms with E-state index >= 15 is 0 Å². The summed E-state index contributed by atoms with van der Waals surface area (Å²) in [5, 5.41) is 12.0. The lowest BCUT2D eigenvalue weighted by atomic mass is 9.85. The van der Waals surface area contributed by atoms with Crippen LogP contribution in [-0.2, 0) is 9.59 Å². The maximum absolute atomic E-state index is 13.4. The van der Waals surface area contributed by atoms with Gasteiger partial charge in [0.25, 0.3) is 0 Å². The van der Waals surface area contributed by atoms with E-state index in [1.54, 1.807) is 25.1 Å². The number of nitrogens with one attached hydrogen (secondary N) is 1. The Morgan fingerprint density at radius 2 is 2.14 bits per heavy atom. The monoisotopic (exact) mass is 291 g/mol. The molecule has 0 radical (unpaired) electrons. The Bertz CT molecular complexity index is 585. The van der Waals surface area contributed by atoms with Crippen molar-refractivity contribution >= 4 is 18.0 Å². The van der Waals surface area contributed by atoms with Crippen molar-refractivity contribution in [2.24, 2.45) is 5.41 Å². The van der Waals surface area contributed by atoms with Crippen molar-refractivity contribution in [1.82, 2.24) is 5.32 Å². The number of halogens is 1. The van der Waals surface area contributed by atoms with Gasteiger partial charge in [-0.1, -0.05) is 24.6 Å². The summed E-state index contributed by atoms with van der Waals surface area (Å²) in [6.45, 7) is 1.65. The van der Waals surface area contributed by atoms with Crippen molar-refractivity contribution in [1.29, 1.82) is 0 Å². The number of carbonyl (C=O) groups excluding carboxylic acids is 1. The lowest BCUT2D eigenvalue weighted by molar-refractivity contribution is -0.148. The Hall–Kier alpha value is -2.17. The Labute approximate surface area is 122 Å². The fraction of sp³-hybridized carbons (Fsp3) is 0.375. The minimum absolute atomic E-state index is 0.320. The molecule has 112 valence electrons. The van der Waals surface area contributed by atoms with Crippen LogP contribution in [0.2, 0.25) is 0 Å². The maximum atomic E-state index is 13.4. The third-order valence-electron chi connectivity index (χ3n) is 4.08. The van der Waals surface area contributed by atoms with Crippen LogP contribution in [0.15, 0.2) is 30.3 Å². The molecule has 1 aliphatic rings. The maximum Gasteiger partial charge on any atom is 0.311 e. The van der Waals surface area contributed by atoms with Gasteiger partial charge in [0.15, 0.2) is 0 Å². The second kappa shape index (κ2) is 6.08. The Morgan fingerprint density at radius 3 is 2.81 bits per heavy atom. The van der Waals surface area contributed by atoms with Crippen LogP contribution in [0, 0.1) is 11.2 Å². The summed E-state index contributed by atoms with van der Waals surface area (Å²) in [7, 11) is 0. The molecule has 2 rings (SSSR count). The Balaban J connectivity index is 2.02. The van der Waals surface area contributed by atoms with Gasteiger partial charge in [0, 0.05) is 17.7 Å². The molecule has 2 N–H and O–H groups in total. The zero-order chi connectivity index (χ0) is 15.5. The van der Waals surface area contributed by atoms with Crippen LogP contribution in [0.25, 0.3) is 6.08 Å². The van der Waals surface area contributed by atoms with Crippen molar-refractivity contribution in [3.63, 3.8) is 0 Å². The predicted molar refractivity (Wildman–Crippen MR) is 77.0 cm³/mol. The molecule has 2 atom stereocenters. The normalized spacial score (nSPS) is 25.1. The molecule has 0 aliphatic heterocycles. The van der Waals surface area contributed by atoms with E-state index in [0.29, 0.717) is 18.4 Å². The van der Waals surface area contributed by atoms with Gasteiger partial charge in [-0.3, -0.25) is 9.59 Å². The highest BCUT2D eigenvalue weighted by molar-refractivity contribution is 5.92. The van der Waals surface area contributed by atoms with Gasteiger partial charge < -0.3 is 10.4 Å². The lowest BCUT2D eigenvalue weighted by Crippen LogP contribution is -2.46. The van der Waals surface area contributed by atoms with Gasteiger partial charge in [-0.25, -0.2) is 4.39 Å². The van der Waals surface area contributed by atoms with Crippen LogP contribution in [0.3, 0.4) is 0 Å². The highest BCUT2D eigenvalue weighted by Crippen LogP contribution is 2.38. The number of hydrogen-bond acceptors (Lipinski definition) is 2. The number of benzene rings is 1. The molecule has 1 amide bonds. The predicted octanol–water partition coefficient (Wildman–Crippen LogP) is 2.60. The van der Waals surface area contributed by atoms with Crippen LogP contribution < -0.4 is 5.32 Å². The highest BCUT2D eigenvalue weighted by atomic mass is 19.1. The van der Waals surface area contributed by atoms with Gasteiger partial charge in [-0.05, 0) is 31.9 Å². The molecule has 1 aromatic carbocycles. The molecule has 1 aromatic rings. The van der Waals surface area contributed by atoms with E-state index in [0.717, 1.165) is 6.42 Å². The van der Waals surface area contributed by atoms with Crippen molar-refractivity contribution in [2.75, 3.05) is 0 Å². The number of aliphatic carboxylic acids is 1.